The van der Waals surface area contributed by atoms with Crippen LogP contribution in [0.25, 0.3) is 39.0 Å². The lowest BCUT2D eigenvalue weighted by atomic mass is 9.75. The Labute approximate surface area is 424 Å². The van der Waals surface area contributed by atoms with E-state index in [1.54, 1.807) is 0 Å². The van der Waals surface area contributed by atoms with Crippen molar-refractivity contribution in [1.82, 2.24) is 14.1 Å². The van der Waals surface area contributed by atoms with Gasteiger partial charge in [0.05, 0.1) is 33.8 Å². The highest BCUT2D eigenvalue weighted by Gasteiger charge is 2.35. The van der Waals surface area contributed by atoms with Gasteiger partial charge in [-0.3, -0.25) is 13.7 Å². The summed E-state index contributed by atoms with van der Waals surface area (Å²) >= 11 is 0. The molecular weight excluding hydrogens is 865 g/mol. The highest BCUT2D eigenvalue weighted by atomic mass is 16.5. The largest absolute Gasteiger partial charge is 0.458 e. The Morgan fingerprint density at radius 2 is 1.04 bits per heavy atom. The van der Waals surface area contributed by atoms with Crippen LogP contribution in [0.15, 0.2) is 158 Å². The molecule has 0 aliphatic carbocycles. The lowest BCUT2D eigenvalue weighted by Crippen LogP contribution is -2.41. The number of benzene rings is 6. The van der Waals surface area contributed by atoms with Crippen molar-refractivity contribution >= 4 is 21.8 Å². The second-order valence-corrected chi connectivity index (χ2v) is 25.0. The van der Waals surface area contributed by atoms with Gasteiger partial charge in [-0.2, -0.15) is 0 Å². The summed E-state index contributed by atoms with van der Waals surface area (Å²) in [5.74, 6) is 2.37. The third-order valence-electron chi connectivity index (χ3n) is 14.7. The third kappa shape index (κ3) is 9.37. The first-order valence-corrected chi connectivity index (χ1v) is 25.5. The number of hydrogen-bond donors (Lipinski definition) is 0. The van der Waals surface area contributed by atoms with Gasteiger partial charge in [-0.15, -0.1) is 0 Å². The molecule has 0 saturated heterocycles. The number of aromatic nitrogens is 4. The zero-order valence-corrected chi connectivity index (χ0v) is 45.2. The molecule has 0 aliphatic heterocycles. The molecule has 0 aliphatic rings. The molecule has 9 aromatic rings. The molecule has 0 fully saturated rings. The van der Waals surface area contributed by atoms with Gasteiger partial charge >= 0.3 is 0 Å². The summed E-state index contributed by atoms with van der Waals surface area (Å²) in [5, 5.41) is 2.35. The van der Waals surface area contributed by atoms with Gasteiger partial charge in [-0.1, -0.05) is 190 Å². The molecule has 0 spiro atoms. The van der Waals surface area contributed by atoms with Crippen molar-refractivity contribution in [3.05, 3.63) is 209 Å². The van der Waals surface area contributed by atoms with E-state index >= 15 is 0 Å². The predicted octanol–water partition coefficient (Wildman–Crippen LogP) is 16.7. The zero-order valence-electron chi connectivity index (χ0n) is 45.2. The second kappa shape index (κ2) is 17.5. The number of hydrogen-bond acceptors (Lipinski definition) is 2. The van der Waals surface area contributed by atoms with Crippen LogP contribution in [0.1, 0.15) is 156 Å². The normalized spacial score (nSPS) is 13.1. The van der Waals surface area contributed by atoms with Gasteiger partial charge in [-0.25, -0.2) is 4.98 Å². The van der Waals surface area contributed by atoms with Crippen molar-refractivity contribution in [3.63, 3.8) is 0 Å². The summed E-state index contributed by atoms with van der Waals surface area (Å²) in [6.45, 7) is 36.9. The Bertz CT molecular complexity index is 3410. The number of pyridine rings is 1. The van der Waals surface area contributed by atoms with E-state index in [9.17, 15) is 0 Å². The van der Waals surface area contributed by atoms with Crippen LogP contribution >= 0.6 is 0 Å². The van der Waals surface area contributed by atoms with Crippen molar-refractivity contribution < 1.29 is 9.30 Å². The Morgan fingerprint density at radius 1 is 0.437 bits per heavy atom. The van der Waals surface area contributed by atoms with Crippen LogP contribution in [0.3, 0.4) is 0 Å². The molecule has 0 atom stereocenters. The summed E-state index contributed by atoms with van der Waals surface area (Å²) in [7, 11) is 0. The molecule has 0 radical (unpaired) electrons. The fraction of sp³-hybridized carbons (Fsp3) is 0.333. The van der Waals surface area contributed by atoms with Crippen LogP contribution < -0.4 is 9.30 Å². The van der Waals surface area contributed by atoms with Crippen molar-refractivity contribution in [1.29, 1.82) is 0 Å². The molecule has 0 unspecified atom stereocenters. The smallest absolute Gasteiger partial charge is 0.269 e. The van der Waals surface area contributed by atoms with Gasteiger partial charge in [0.25, 0.3) is 6.33 Å². The molecule has 71 heavy (non-hydrogen) atoms. The fourth-order valence-corrected chi connectivity index (χ4v) is 10.3. The molecule has 6 aromatic carbocycles. The minimum absolute atomic E-state index is 0.00976. The van der Waals surface area contributed by atoms with Crippen LogP contribution in [-0.4, -0.2) is 14.1 Å². The van der Waals surface area contributed by atoms with E-state index in [-0.39, 0.29) is 32.5 Å². The van der Waals surface area contributed by atoms with E-state index in [1.165, 1.54) is 50.2 Å². The van der Waals surface area contributed by atoms with Crippen molar-refractivity contribution in [2.24, 2.45) is 0 Å². The van der Waals surface area contributed by atoms with Gasteiger partial charge in [0.2, 0.25) is 0 Å². The van der Waals surface area contributed by atoms with Crippen molar-refractivity contribution in [2.75, 3.05) is 0 Å². The van der Waals surface area contributed by atoms with Gasteiger partial charge in [0.1, 0.15) is 17.3 Å². The molecule has 0 amide bonds. The Morgan fingerprint density at radius 3 is 1.65 bits per heavy atom. The molecule has 5 nitrogen and oxygen atoms in total. The number of rotatable bonds is 9. The lowest BCUT2D eigenvalue weighted by Gasteiger charge is -2.32. The number of imidazole rings is 1. The summed E-state index contributed by atoms with van der Waals surface area (Å²) in [4.78, 5) is 5.06. The maximum absolute atomic E-state index is 6.94. The summed E-state index contributed by atoms with van der Waals surface area (Å²) in [6, 6.07) is 55.1. The van der Waals surface area contributed by atoms with E-state index in [0.29, 0.717) is 0 Å². The van der Waals surface area contributed by atoms with Crippen LogP contribution in [0, 0.1) is 6.33 Å². The molecular formula is C66H74N4O. The first kappa shape index (κ1) is 49.3. The molecule has 3 heterocycles. The third-order valence-corrected chi connectivity index (χ3v) is 14.7. The lowest BCUT2D eigenvalue weighted by molar-refractivity contribution is -0.611. The predicted molar refractivity (Wildman–Crippen MR) is 297 cm³/mol. The van der Waals surface area contributed by atoms with Gasteiger partial charge in [0, 0.05) is 33.9 Å². The summed E-state index contributed by atoms with van der Waals surface area (Å²) in [5.41, 5.74) is 13.3. The second-order valence-electron chi connectivity index (χ2n) is 25.0. The Hall–Kier alpha value is -6.72. The number of fused-ring (bicyclic) bond motifs is 3. The SMILES string of the molecule is CC(C)(C)c1cc(-[n+]2[c-]n(-c3cccc(Oc4ccc5c6cc(C(C)(C)C)ccc6n(-c6cc(C(C)(C)c7ccccc7)ccn6)c5c4)c3)c(C(C)(C)C)c2C(C)(C)C)cc(C(C)(C)c2ccccc2)c1. The van der Waals surface area contributed by atoms with Crippen LogP contribution in [0.5, 0.6) is 11.5 Å². The molecule has 9 rings (SSSR count). The average Bonchev–Trinajstić information content (AvgIpc) is 3.90. The number of ether oxygens (including phenoxy) is 1. The van der Waals surface area contributed by atoms with Crippen LogP contribution in [0.4, 0.5) is 0 Å². The fourth-order valence-electron chi connectivity index (χ4n) is 10.3. The maximum Gasteiger partial charge on any atom is 0.269 e. The molecule has 3 aromatic heterocycles. The summed E-state index contributed by atoms with van der Waals surface area (Å²) in [6.07, 6.45) is 5.91. The van der Waals surface area contributed by atoms with Gasteiger partial charge < -0.3 is 4.74 Å². The first-order valence-electron chi connectivity index (χ1n) is 25.5. The highest BCUT2D eigenvalue weighted by Crippen LogP contribution is 2.41. The first-order chi connectivity index (χ1) is 33.2. The highest BCUT2D eigenvalue weighted by molar-refractivity contribution is 6.09. The Kier molecular flexibility index (Phi) is 12.2. The van der Waals surface area contributed by atoms with Gasteiger partial charge in [-0.05, 0) is 122 Å². The van der Waals surface area contributed by atoms with Crippen molar-refractivity contribution in [3.8, 4) is 28.7 Å². The molecule has 5 heteroatoms. The molecule has 364 valence electrons. The van der Waals surface area contributed by atoms with Crippen LogP contribution in [-0.2, 0) is 32.5 Å². The van der Waals surface area contributed by atoms with E-state index in [2.05, 4.69) is 282 Å². The average molecular weight is 939 g/mol. The van der Waals surface area contributed by atoms with Gasteiger partial charge in [0.15, 0.2) is 0 Å². The van der Waals surface area contributed by atoms with E-state index in [0.717, 1.165) is 45.1 Å². The molecule has 0 saturated carbocycles. The zero-order chi connectivity index (χ0) is 51.1. The molecule has 0 N–H and O–H groups in total. The topological polar surface area (TPSA) is 35.9 Å². The van der Waals surface area contributed by atoms with E-state index in [1.807, 2.05) is 6.20 Å². The monoisotopic (exact) mass is 939 g/mol. The van der Waals surface area contributed by atoms with Crippen LogP contribution in [0.2, 0.25) is 0 Å². The summed E-state index contributed by atoms with van der Waals surface area (Å²) < 4.78 is 13.9. The minimum Gasteiger partial charge on any atom is -0.458 e. The van der Waals surface area contributed by atoms with E-state index in [4.69, 9.17) is 9.72 Å². The minimum atomic E-state index is -0.234. The maximum atomic E-state index is 6.94. The van der Waals surface area contributed by atoms with Crippen molar-refractivity contribution in [2.45, 2.75) is 143 Å². The number of nitrogens with zero attached hydrogens (tertiary/aromatic N) is 4. The van der Waals surface area contributed by atoms with E-state index < -0.39 is 0 Å². The quantitative estimate of drug-likeness (QED) is 0.107. The standard InChI is InChI=1S/C66H74N4O/c1-61(2,3)46-30-33-56-55(39-46)54-32-31-53(42-57(54)70(56)58-40-47(34-35-67-58)65(13,14)44-24-19-17-20-25-44)71-52-29-23-28-50(41-52)68-43-69(60(64(10,11)12)59(68)63(7,8)9)51-37-48(62(4,5)6)36-49(38-51)66(15,16)45-26-21-18-22-27-45/h17-42H,1-16H3. The Balaban J connectivity index is 1.18. The molecule has 0 bridgehead atoms.